The number of allylic oxidation sites excluding steroid dienone is 2. The van der Waals surface area contributed by atoms with Gasteiger partial charge in [0, 0.05) is 18.7 Å². The molecule has 0 aliphatic heterocycles. The number of hydrogen-bond acceptors (Lipinski definition) is 2. The molecule has 3 rings (SSSR count). The summed E-state index contributed by atoms with van der Waals surface area (Å²) < 4.78 is 21.5. The third kappa shape index (κ3) is 2.88. The number of aryl methyl sites for hydroxylation is 1. The molecule has 21 heavy (non-hydrogen) atoms. The van der Waals surface area contributed by atoms with Crippen LogP contribution >= 0.6 is 12.2 Å². The van der Waals surface area contributed by atoms with Gasteiger partial charge < -0.3 is 14.3 Å². The van der Waals surface area contributed by atoms with Gasteiger partial charge in [0.25, 0.3) is 0 Å². The molecule has 3 nitrogen and oxygen atoms in total. The van der Waals surface area contributed by atoms with E-state index in [1.165, 1.54) is 44.4 Å². The summed E-state index contributed by atoms with van der Waals surface area (Å²) in [6.07, 6.45) is 8.31. The van der Waals surface area contributed by atoms with Gasteiger partial charge in [0.1, 0.15) is 0 Å². The van der Waals surface area contributed by atoms with Crippen LogP contribution in [0, 0.1) is 10.6 Å². The minimum absolute atomic E-state index is 0.252. The number of halogens is 1. The van der Waals surface area contributed by atoms with Gasteiger partial charge in [-0.3, -0.25) is 0 Å². The molecule has 1 aromatic heterocycles. The Morgan fingerprint density at radius 1 is 1.38 bits per heavy atom. The summed E-state index contributed by atoms with van der Waals surface area (Å²) in [4.78, 5) is 3.07. The monoisotopic (exact) mass is 306 g/mol. The predicted molar refractivity (Wildman–Crippen MR) is 84.8 cm³/mol. The summed E-state index contributed by atoms with van der Waals surface area (Å²) in [5.41, 5.74) is 3.12. The largest absolute Gasteiger partial charge is 0.494 e. The minimum atomic E-state index is -0.372. The molecule has 0 amide bonds. The van der Waals surface area contributed by atoms with E-state index in [0.717, 1.165) is 24.0 Å². The third-order valence-electron chi connectivity index (χ3n) is 4.09. The van der Waals surface area contributed by atoms with E-state index in [1.54, 1.807) is 6.07 Å². The Labute approximate surface area is 128 Å². The minimum Gasteiger partial charge on any atom is -0.494 e. The molecular formula is C16H19FN2OS. The van der Waals surface area contributed by atoms with E-state index in [4.69, 9.17) is 17.0 Å². The number of H-pyrrole nitrogens is 1. The fraction of sp³-hybridized carbons (Fsp3) is 0.438. The van der Waals surface area contributed by atoms with Crippen molar-refractivity contribution in [1.29, 1.82) is 0 Å². The maximum absolute atomic E-state index is 13.7. The van der Waals surface area contributed by atoms with Gasteiger partial charge >= 0.3 is 0 Å². The van der Waals surface area contributed by atoms with Crippen molar-refractivity contribution in [3.05, 3.63) is 34.4 Å². The second-order valence-electron chi connectivity index (χ2n) is 5.44. The molecular weight excluding hydrogens is 287 g/mol. The fourth-order valence-corrected chi connectivity index (χ4v) is 3.22. The Morgan fingerprint density at radius 3 is 2.95 bits per heavy atom. The average molecular weight is 306 g/mol. The van der Waals surface area contributed by atoms with E-state index in [9.17, 15) is 4.39 Å². The Balaban J connectivity index is 1.92. The molecule has 0 atom stereocenters. The first-order valence-electron chi connectivity index (χ1n) is 7.33. The number of aromatic amines is 1. The van der Waals surface area contributed by atoms with E-state index in [-0.39, 0.29) is 11.6 Å². The molecule has 112 valence electrons. The zero-order chi connectivity index (χ0) is 14.8. The van der Waals surface area contributed by atoms with Gasteiger partial charge in [0.05, 0.1) is 18.1 Å². The summed E-state index contributed by atoms with van der Waals surface area (Å²) in [5.74, 6) is -0.120. The van der Waals surface area contributed by atoms with Crippen molar-refractivity contribution in [1.82, 2.24) is 9.55 Å². The highest BCUT2D eigenvalue weighted by atomic mass is 32.1. The quantitative estimate of drug-likeness (QED) is 0.653. The van der Waals surface area contributed by atoms with E-state index < -0.39 is 0 Å². The molecule has 0 saturated heterocycles. The maximum atomic E-state index is 13.7. The molecule has 1 aliphatic carbocycles. The Bertz CT molecular complexity index is 745. The van der Waals surface area contributed by atoms with Gasteiger partial charge in [-0.2, -0.15) is 0 Å². The number of nitrogens with zero attached hydrogens (tertiary/aromatic N) is 1. The maximum Gasteiger partial charge on any atom is 0.178 e. The highest BCUT2D eigenvalue weighted by Gasteiger charge is 2.11. The van der Waals surface area contributed by atoms with Crippen molar-refractivity contribution < 1.29 is 9.13 Å². The average Bonchev–Trinajstić information content (AvgIpc) is 2.79. The number of benzene rings is 1. The van der Waals surface area contributed by atoms with Crippen molar-refractivity contribution in [3.63, 3.8) is 0 Å². The lowest BCUT2D eigenvalue weighted by atomic mass is 9.97. The van der Waals surface area contributed by atoms with Crippen LogP contribution in [0.5, 0.6) is 5.75 Å². The highest BCUT2D eigenvalue weighted by Crippen LogP contribution is 2.26. The fourth-order valence-electron chi connectivity index (χ4n) is 2.92. The first-order chi connectivity index (χ1) is 10.2. The van der Waals surface area contributed by atoms with Crippen LogP contribution < -0.4 is 4.74 Å². The highest BCUT2D eigenvalue weighted by molar-refractivity contribution is 7.71. The molecule has 5 heteroatoms. The van der Waals surface area contributed by atoms with E-state index >= 15 is 0 Å². The second kappa shape index (κ2) is 6.02. The number of nitrogens with one attached hydrogen (secondary N) is 1. The SMILES string of the molecule is COc1cc2c(cc1F)[nH]c(=S)n2CCC1=CCCCC1. The summed E-state index contributed by atoms with van der Waals surface area (Å²) in [6.45, 7) is 0.819. The second-order valence-corrected chi connectivity index (χ2v) is 5.83. The van der Waals surface area contributed by atoms with Crippen LogP contribution in [0.4, 0.5) is 4.39 Å². The first kappa shape index (κ1) is 14.3. The smallest absolute Gasteiger partial charge is 0.178 e. The third-order valence-corrected chi connectivity index (χ3v) is 4.41. The number of fused-ring (bicyclic) bond motifs is 1. The van der Waals surface area contributed by atoms with Gasteiger partial charge in [-0.15, -0.1) is 0 Å². The lowest BCUT2D eigenvalue weighted by molar-refractivity contribution is 0.387. The molecule has 0 fully saturated rings. The number of aromatic nitrogens is 2. The van der Waals surface area contributed by atoms with Crippen LogP contribution in [0.3, 0.4) is 0 Å². The summed E-state index contributed by atoms with van der Waals surface area (Å²) in [7, 11) is 1.47. The van der Waals surface area contributed by atoms with Crippen molar-refractivity contribution in [2.24, 2.45) is 0 Å². The van der Waals surface area contributed by atoms with E-state index in [1.807, 2.05) is 4.57 Å². The topological polar surface area (TPSA) is 29.9 Å². The van der Waals surface area contributed by atoms with Gasteiger partial charge in [-0.1, -0.05) is 11.6 Å². The summed E-state index contributed by atoms with van der Waals surface area (Å²) in [5, 5.41) is 0. The van der Waals surface area contributed by atoms with E-state index in [2.05, 4.69) is 11.1 Å². The molecule has 1 N–H and O–H groups in total. The summed E-state index contributed by atoms with van der Waals surface area (Å²) in [6, 6.07) is 3.16. The number of ether oxygens (including phenoxy) is 1. The molecule has 0 saturated carbocycles. The van der Waals surface area contributed by atoms with Crippen LogP contribution in [0.25, 0.3) is 11.0 Å². The number of rotatable bonds is 4. The Morgan fingerprint density at radius 2 is 2.24 bits per heavy atom. The molecule has 0 unspecified atom stereocenters. The van der Waals surface area contributed by atoms with E-state index in [0.29, 0.717) is 4.77 Å². The lowest BCUT2D eigenvalue weighted by Gasteiger charge is -2.13. The van der Waals surface area contributed by atoms with Gasteiger partial charge in [-0.05, 0) is 44.3 Å². The van der Waals surface area contributed by atoms with Crippen LogP contribution in [-0.4, -0.2) is 16.7 Å². The molecule has 1 heterocycles. The number of hydrogen-bond donors (Lipinski definition) is 1. The zero-order valence-electron chi connectivity index (χ0n) is 12.1. The number of methoxy groups -OCH3 is 1. The first-order valence-corrected chi connectivity index (χ1v) is 7.74. The van der Waals surface area contributed by atoms with Crippen molar-refractivity contribution in [3.8, 4) is 5.75 Å². The van der Waals surface area contributed by atoms with Crippen LogP contribution in [0.1, 0.15) is 32.1 Å². The van der Waals surface area contributed by atoms with Gasteiger partial charge in [0.15, 0.2) is 16.3 Å². The Hall–Kier alpha value is -1.62. The molecule has 1 aliphatic rings. The molecule has 0 radical (unpaired) electrons. The standard InChI is InChI=1S/C16H19FN2OS/c1-20-15-10-14-13(9-12(15)17)18-16(21)19(14)8-7-11-5-3-2-4-6-11/h5,9-10H,2-4,6-8H2,1H3,(H,18,21). The summed E-state index contributed by atoms with van der Waals surface area (Å²) >= 11 is 5.37. The van der Waals surface area contributed by atoms with Crippen molar-refractivity contribution >= 4 is 23.3 Å². The van der Waals surface area contributed by atoms with Crippen LogP contribution in [0.2, 0.25) is 0 Å². The normalized spacial score (nSPS) is 15.2. The molecule has 0 bridgehead atoms. The van der Waals surface area contributed by atoms with Crippen molar-refractivity contribution in [2.75, 3.05) is 7.11 Å². The van der Waals surface area contributed by atoms with Gasteiger partial charge in [0.2, 0.25) is 0 Å². The van der Waals surface area contributed by atoms with Crippen molar-refractivity contribution in [2.45, 2.75) is 38.6 Å². The zero-order valence-corrected chi connectivity index (χ0v) is 12.9. The Kier molecular flexibility index (Phi) is 4.10. The molecule has 2 aromatic rings. The molecule has 0 spiro atoms. The van der Waals surface area contributed by atoms with Crippen LogP contribution in [-0.2, 0) is 6.54 Å². The van der Waals surface area contributed by atoms with Gasteiger partial charge in [-0.25, -0.2) is 4.39 Å². The number of imidazole rings is 1. The lowest BCUT2D eigenvalue weighted by Crippen LogP contribution is -2.02. The van der Waals surface area contributed by atoms with Crippen LogP contribution in [0.15, 0.2) is 23.8 Å². The molecule has 1 aromatic carbocycles. The predicted octanol–water partition coefficient (Wildman–Crippen LogP) is 4.74.